The van der Waals surface area contributed by atoms with Crippen molar-refractivity contribution in [2.75, 3.05) is 0 Å². The number of hydrogen-bond donors (Lipinski definition) is 0. The molecule has 2 aromatic rings. The number of nitrogens with zero attached hydrogens (tertiary/aromatic N) is 2. The van der Waals surface area contributed by atoms with Crippen molar-refractivity contribution in [2.45, 2.75) is 12.8 Å². The highest BCUT2D eigenvalue weighted by molar-refractivity contribution is 5.62. The Morgan fingerprint density at radius 2 is 1.88 bits per heavy atom. The van der Waals surface area contributed by atoms with Crippen molar-refractivity contribution in [3.05, 3.63) is 59.6 Å². The molecule has 3 heteroatoms. The number of aryl methyl sites for hydroxylation is 1. The summed E-state index contributed by atoms with van der Waals surface area (Å²) in [6.45, 7) is 0. The monoisotopic (exact) mass is 224 g/mol. The van der Waals surface area contributed by atoms with Crippen molar-refractivity contribution in [1.82, 2.24) is 0 Å². The maximum absolute atomic E-state index is 11.5. The Kier molecular flexibility index (Phi) is 3.37. The van der Waals surface area contributed by atoms with Gasteiger partial charge in [0.1, 0.15) is 0 Å². The van der Waals surface area contributed by atoms with Gasteiger partial charge in [0.05, 0.1) is 6.07 Å². The molecule has 0 radical (unpaired) electrons. The summed E-state index contributed by atoms with van der Waals surface area (Å²) < 4.78 is 0.823. The number of nitriles is 1. The van der Waals surface area contributed by atoms with Gasteiger partial charge in [-0.2, -0.15) is 9.99 Å². The largest absolute Gasteiger partial charge is 0.619 e. The highest BCUT2D eigenvalue weighted by Gasteiger charge is 2.07. The molecule has 1 aromatic heterocycles. The van der Waals surface area contributed by atoms with Crippen molar-refractivity contribution in [2.24, 2.45) is 0 Å². The van der Waals surface area contributed by atoms with Gasteiger partial charge >= 0.3 is 0 Å². The van der Waals surface area contributed by atoms with Gasteiger partial charge in [-0.25, -0.2) is 0 Å². The molecule has 0 fully saturated rings. The summed E-state index contributed by atoms with van der Waals surface area (Å²) in [5.41, 5.74) is 2.71. The highest BCUT2D eigenvalue weighted by Crippen LogP contribution is 2.18. The third-order valence-electron chi connectivity index (χ3n) is 2.59. The van der Waals surface area contributed by atoms with Crippen molar-refractivity contribution in [1.29, 1.82) is 5.26 Å². The molecule has 0 spiro atoms. The summed E-state index contributed by atoms with van der Waals surface area (Å²) >= 11 is 0. The van der Waals surface area contributed by atoms with E-state index < -0.39 is 0 Å². The summed E-state index contributed by atoms with van der Waals surface area (Å²) in [5, 5.41) is 20.1. The van der Waals surface area contributed by atoms with Gasteiger partial charge in [0, 0.05) is 25.0 Å². The molecule has 0 N–H and O–H groups in total. The van der Waals surface area contributed by atoms with Gasteiger partial charge in [0.15, 0.2) is 11.9 Å². The molecule has 2 rings (SSSR count). The van der Waals surface area contributed by atoms with Crippen LogP contribution in [-0.2, 0) is 6.42 Å². The van der Waals surface area contributed by atoms with Crippen LogP contribution < -0.4 is 4.73 Å². The van der Waals surface area contributed by atoms with E-state index in [9.17, 15) is 5.21 Å². The molecular weight excluding hydrogens is 212 g/mol. The van der Waals surface area contributed by atoms with E-state index in [0.717, 1.165) is 15.9 Å². The fourth-order valence-electron chi connectivity index (χ4n) is 1.71. The second kappa shape index (κ2) is 5.13. The Balaban J connectivity index is 2.35. The maximum atomic E-state index is 11.5. The van der Waals surface area contributed by atoms with Crippen LogP contribution in [0.2, 0.25) is 0 Å². The van der Waals surface area contributed by atoms with Gasteiger partial charge in [-0.3, -0.25) is 0 Å². The van der Waals surface area contributed by atoms with Crippen LogP contribution in [0.5, 0.6) is 0 Å². The van der Waals surface area contributed by atoms with Crippen LogP contribution in [-0.4, -0.2) is 0 Å². The maximum Gasteiger partial charge on any atom is 0.194 e. The van der Waals surface area contributed by atoms with Gasteiger partial charge in [0.2, 0.25) is 0 Å². The van der Waals surface area contributed by atoms with E-state index in [-0.39, 0.29) is 0 Å². The summed E-state index contributed by atoms with van der Waals surface area (Å²) in [5.74, 6) is 0. The topological polar surface area (TPSA) is 50.7 Å². The number of pyridine rings is 1. The number of rotatable bonds is 3. The Morgan fingerprint density at radius 1 is 1.12 bits per heavy atom. The number of aromatic nitrogens is 1. The number of benzene rings is 1. The Hall–Kier alpha value is -2.34. The summed E-state index contributed by atoms with van der Waals surface area (Å²) in [4.78, 5) is 0. The lowest BCUT2D eigenvalue weighted by molar-refractivity contribution is -0.613. The lowest BCUT2D eigenvalue weighted by atomic mass is 10.1. The molecule has 0 unspecified atom stereocenters. The van der Waals surface area contributed by atoms with Gasteiger partial charge < -0.3 is 5.21 Å². The van der Waals surface area contributed by atoms with Crippen LogP contribution in [0.25, 0.3) is 11.1 Å². The molecule has 1 aromatic carbocycles. The van der Waals surface area contributed by atoms with E-state index in [1.807, 2.05) is 36.4 Å². The van der Waals surface area contributed by atoms with Crippen molar-refractivity contribution in [3.8, 4) is 17.2 Å². The predicted molar refractivity (Wildman–Crippen MR) is 64.8 cm³/mol. The quantitative estimate of drug-likeness (QED) is 0.594. The molecule has 84 valence electrons. The minimum atomic E-state index is 0.362. The molecule has 0 aliphatic carbocycles. The highest BCUT2D eigenvalue weighted by atomic mass is 16.5. The number of hydrogen-bond acceptors (Lipinski definition) is 2. The van der Waals surface area contributed by atoms with Crippen LogP contribution in [0.4, 0.5) is 0 Å². The van der Waals surface area contributed by atoms with Gasteiger partial charge in [-0.1, -0.05) is 30.3 Å². The predicted octanol–water partition coefficient (Wildman–Crippen LogP) is 2.44. The summed E-state index contributed by atoms with van der Waals surface area (Å²) in [6.07, 6.45) is 2.34. The van der Waals surface area contributed by atoms with Crippen LogP contribution in [0.3, 0.4) is 0 Å². The molecule has 0 bridgehead atoms. The second-order valence-corrected chi connectivity index (χ2v) is 3.76. The van der Waals surface area contributed by atoms with Crippen LogP contribution >= 0.6 is 0 Å². The first-order chi connectivity index (χ1) is 8.31. The van der Waals surface area contributed by atoms with E-state index >= 15 is 0 Å². The minimum Gasteiger partial charge on any atom is -0.619 e. The SMILES string of the molecule is N#CCCc1cc(-c2ccccc2)cc[n+]1[O-]. The molecule has 0 aliphatic heterocycles. The lowest BCUT2D eigenvalue weighted by Crippen LogP contribution is -2.31. The molecule has 0 atom stereocenters. The van der Waals surface area contributed by atoms with Gasteiger partial charge in [-0.05, 0) is 11.1 Å². The van der Waals surface area contributed by atoms with E-state index in [0.29, 0.717) is 18.5 Å². The fraction of sp³-hybridized carbons (Fsp3) is 0.143. The van der Waals surface area contributed by atoms with Gasteiger partial charge in [-0.15, -0.1) is 0 Å². The zero-order valence-corrected chi connectivity index (χ0v) is 9.34. The van der Waals surface area contributed by atoms with Crippen LogP contribution in [0, 0.1) is 16.5 Å². The summed E-state index contributed by atoms with van der Waals surface area (Å²) in [6, 6.07) is 15.6. The van der Waals surface area contributed by atoms with Crippen molar-refractivity contribution >= 4 is 0 Å². The van der Waals surface area contributed by atoms with E-state index in [1.165, 1.54) is 6.20 Å². The molecule has 0 aliphatic rings. The molecule has 17 heavy (non-hydrogen) atoms. The van der Waals surface area contributed by atoms with E-state index in [1.54, 1.807) is 6.07 Å². The van der Waals surface area contributed by atoms with Crippen molar-refractivity contribution in [3.63, 3.8) is 0 Å². The van der Waals surface area contributed by atoms with Gasteiger partial charge in [0.25, 0.3) is 0 Å². The first-order valence-electron chi connectivity index (χ1n) is 5.46. The normalized spacial score (nSPS) is 9.82. The zero-order chi connectivity index (χ0) is 12.1. The fourth-order valence-corrected chi connectivity index (χ4v) is 1.71. The second-order valence-electron chi connectivity index (χ2n) is 3.76. The van der Waals surface area contributed by atoms with Crippen molar-refractivity contribution < 1.29 is 4.73 Å². The molecule has 1 heterocycles. The molecule has 0 saturated heterocycles. The molecule has 3 nitrogen and oxygen atoms in total. The zero-order valence-electron chi connectivity index (χ0n) is 9.34. The first kappa shape index (κ1) is 11.2. The average Bonchev–Trinajstić information content (AvgIpc) is 2.39. The third-order valence-corrected chi connectivity index (χ3v) is 2.59. The molecular formula is C14H12N2O. The standard InChI is InChI=1S/C14H12N2O/c15-9-4-7-14-11-13(8-10-16(14)17)12-5-2-1-3-6-12/h1-3,5-6,8,10-11H,4,7H2. The summed E-state index contributed by atoms with van der Waals surface area (Å²) in [7, 11) is 0. The smallest absolute Gasteiger partial charge is 0.194 e. The first-order valence-corrected chi connectivity index (χ1v) is 5.46. The Labute approximate surface area is 100 Å². The van der Waals surface area contributed by atoms with E-state index in [2.05, 4.69) is 6.07 Å². The van der Waals surface area contributed by atoms with E-state index in [4.69, 9.17) is 5.26 Å². The lowest BCUT2D eigenvalue weighted by Gasteiger charge is -2.06. The average molecular weight is 224 g/mol. The van der Waals surface area contributed by atoms with Crippen LogP contribution in [0.15, 0.2) is 48.7 Å². The Morgan fingerprint density at radius 3 is 2.59 bits per heavy atom. The van der Waals surface area contributed by atoms with Crippen LogP contribution in [0.1, 0.15) is 12.1 Å². The molecule has 0 saturated carbocycles. The minimum absolute atomic E-state index is 0.362. The Bertz CT molecular complexity index is 544. The molecule has 0 amide bonds. The third kappa shape index (κ3) is 2.61.